The van der Waals surface area contributed by atoms with E-state index in [1.165, 1.54) is 25.1 Å². The first-order valence-electron chi connectivity index (χ1n) is 7.22. The van der Waals surface area contributed by atoms with Crippen LogP contribution in [0.1, 0.15) is 38.4 Å². The summed E-state index contributed by atoms with van der Waals surface area (Å²) in [5.41, 5.74) is 1.39. The Morgan fingerprint density at radius 3 is 2.89 bits per heavy atom. The maximum absolute atomic E-state index is 4.44. The van der Waals surface area contributed by atoms with Crippen LogP contribution >= 0.6 is 0 Å². The molecule has 1 N–H and O–H groups in total. The SMILES string of the molecule is CCN1CCCC(CNC)C1c1ccnn1CC. The van der Waals surface area contributed by atoms with Crippen LogP contribution in [0.2, 0.25) is 0 Å². The van der Waals surface area contributed by atoms with Crippen molar-refractivity contribution in [2.75, 3.05) is 26.7 Å². The third-order valence-electron chi connectivity index (χ3n) is 4.08. The Hall–Kier alpha value is -0.870. The van der Waals surface area contributed by atoms with Gasteiger partial charge in [-0.1, -0.05) is 6.92 Å². The van der Waals surface area contributed by atoms with E-state index in [-0.39, 0.29) is 0 Å². The second-order valence-electron chi connectivity index (χ2n) is 5.11. The van der Waals surface area contributed by atoms with Crippen molar-refractivity contribution in [2.24, 2.45) is 5.92 Å². The summed E-state index contributed by atoms with van der Waals surface area (Å²) in [5.74, 6) is 0.700. The van der Waals surface area contributed by atoms with Crippen molar-refractivity contribution in [1.29, 1.82) is 0 Å². The maximum Gasteiger partial charge on any atom is 0.0559 e. The third kappa shape index (κ3) is 2.59. The lowest BCUT2D eigenvalue weighted by molar-refractivity contribution is 0.0915. The number of hydrogen-bond donors (Lipinski definition) is 1. The fraction of sp³-hybridized carbons (Fsp3) is 0.786. The molecule has 1 aromatic rings. The molecule has 0 aliphatic carbocycles. The zero-order chi connectivity index (χ0) is 13.0. The Kier molecular flexibility index (Phi) is 4.78. The van der Waals surface area contributed by atoms with Gasteiger partial charge in [0.05, 0.1) is 11.7 Å². The fourth-order valence-electron chi connectivity index (χ4n) is 3.27. The molecule has 0 amide bonds. The summed E-state index contributed by atoms with van der Waals surface area (Å²) in [5, 5.41) is 7.80. The van der Waals surface area contributed by atoms with Crippen LogP contribution < -0.4 is 5.32 Å². The topological polar surface area (TPSA) is 33.1 Å². The lowest BCUT2D eigenvalue weighted by atomic mass is 9.87. The van der Waals surface area contributed by atoms with E-state index < -0.39 is 0 Å². The average Bonchev–Trinajstić information content (AvgIpc) is 2.86. The van der Waals surface area contributed by atoms with Crippen molar-refractivity contribution in [3.8, 4) is 0 Å². The summed E-state index contributed by atoms with van der Waals surface area (Å²) >= 11 is 0. The van der Waals surface area contributed by atoms with Crippen molar-refractivity contribution in [1.82, 2.24) is 20.0 Å². The van der Waals surface area contributed by atoms with Crippen LogP contribution in [0.3, 0.4) is 0 Å². The molecule has 1 aromatic heterocycles. The van der Waals surface area contributed by atoms with E-state index >= 15 is 0 Å². The van der Waals surface area contributed by atoms with Gasteiger partial charge >= 0.3 is 0 Å². The first-order valence-corrected chi connectivity index (χ1v) is 7.22. The summed E-state index contributed by atoms with van der Waals surface area (Å²) in [7, 11) is 2.05. The molecule has 2 atom stereocenters. The first-order chi connectivity index (χ1) is 8.81. The normalized spacial score (nSPS) is 25.5. The molecule has 0 bridgehead atoms. The predicted molar refractivity (Wildman–Crippen MR) is 74.5 cm³/mol. The Bertz CT molecular complexity index is 358. The molecule has 1 saturated heterocycles. The Morgan fingerprint density at radius 2 is 2.22 bits per heavy atom. The number of nitrogens with one attached hydrogen (secondary N) is 1. The minimum atomic E-state index is 0.527. The molecule has 102 valence electrons. The van der Waals surface area contributed by atoms with Gasteiger partial charge in [0.15, 0.2) is 0 Å². The maximum atomic E-state index is 4.44. The van der Waals surface area contributed by atoms with Gasteiger partial charge in [-0.3, -0.25) is 9.58 Å². The average molecular weight is 250 g/mol. The smallest absolute Gasteiger partial charge is 0.0559 e. The number of piperidine rings is 1. The molecule has 4 nitrogen and oxygen atoms in total. The molecule has 2 heterocycles. The first kappa shape index (κ1) is 13.6. The van der Waals surface area contributed by atoms with E-state index in [9.17, 15) is 0 Å². The van der Waals surface area contributed by atoms with Crippen molar-refractivity contribution in [3.05, 3.63) is 18.0 Å². The number of hydrogen-bond acceptors (Lipinski definition) is 3. The molecule has 1 aliphatic heterocycles. The van der Waals surface area contributed by atoms with Crippen molar-refractivity contribution >= 4 is 0 Å². The summed E-state index contributed by atoms with van der Waals surface area (Å²) in [4.78, 5) is 2.61. The fourth-order valence-corrected chi connectivity index (χ4v) is 3.27. The molecule has 2 rings (SSSR count). The molecular formula is C14H26N4. The summed E-state index contributed by atoms with van der Waals surface area (Å²) in [6.07, 6.45) is 4.57. The highest BCUT2D eigenvalue weighted by Crippen LogP contribution is 2.35. The van der Waals surface area contributed by atoms with Gasteiger partial charge in [-0.15, -0.1) is 0 Å². The van der Waals surface area contributed by atoms with Gasteiger partial charge < -0.3 is 5.32 Å². The number of nitrogens with zero attached hydrogens (tertiary/aromatic N) is 3. The number of rotatable bonds is 5. The van der Waals surface area contributed by atoms with Crippen molar-refractivity contribution in [3.63, 3.8) is 0 Å². The molecule has 0 spiro atoms. The van der Waals surface area contributed by atoms with Crippen molar-refractivity contribution < 1.29 is 0 Å². The highest BCUT2D eigenvalue weighted by Gasteiger charge is 2.33. The quantitative estimate of drug-likeness (QED) is 0.866. The zero-order valence-electron chi connectivity index (χ0n) is 11.9. The Morgan fingerprint density at radius 1 is 1.39 bits per heavy atom. The minimum Gasteiger partial charge on any atom is -0.319 e. The van der Waals surface area contributed by atoms with E-state index in [0.29, 0.717) is 12.0 Å². The van der Waals surface area contributed by atoms with E-state index in [0.717, 1.165) is 19.6 Å². The van der Waals surface area contributed by atoms with E-state index in [1.54, 1.807) is 0 Å². The lowest BCUT2D eigenvalue weighted by Crippen LogP contribution is -2.42. The van der Waals surface area contributed by atoms with Crippen molar-refractivity contribution in [2.45, 2.75) is 39.3 Å². The van der Waals surface area contributed by atoms with E-state index in [2.05, 4.69) is 47.0 Å². The largest absolute Gasteiger partial charge is 0.319 e. The van der Waals surface area contributed by atoms with Gasteiger partial charge in [-0.2, -0.15) is 5.10 Å². The minimum absolute atomic E-state index is 0.527. The van der Waals surface area contributed by atoms with Crippen LogP contribution in [0.25, 0.3) is 0 Å². The second-order valence-corrected chi connectivity index (χ2v) is 5.11. The molecule has 0 radical (unpaired) electrons. The summed E-state index contributed by atoms with van der Waals surface area (Å²) in [6.45, 7) is 8.83. The second kappa shape index (κ2) is 6.34. The molecule has 1 fully saturated rings. The summed E-state index contributed by atoms with van der Waals surface area (Å²) in [6, 6.07) is 2.73. The van der Waals surface area contributed by atoms with Crippen LogP contribution in [-0.4, -0.2) is 41.4 Å². The number of aromatic nitrogens is 2. The molecule has 0 saturated carbocycles. The zero-order valence-corrected chi connectivity index (χ0v) is 11.9. The van der Waals surface area contributed by atoms with E-state index in [1.807, 2.05) is 6.20 Å². The summed E-state index contributed by atoms with van der Waals surface area (Å²) < 4.78 is 2.15. The standard InChI is InChI=1S/C14H26N4/c1-4-17-10-6-7-12(11-15-3)14(17)13-8-9-16-18(13)5-2/h8-9,12,14-15H,4-7,10-11H2,1-3H3. The number of likely N-dealkylation sites (tertiary alicyclic amines) is 1. The predicted octanol–water partition coefficient (Wildman–Crippen LogP) is 1.90. The van der Waals surface area contributed by atoms with Crippen LogP contribution in [0, 0.1) is 5.92 Å². The Labute approximate surface area is 110 Å². The van der Waals surface area contributed by atoms with Crippen LogP contribution in [0.5, 0.6) is 0 Å². The molecule has 0 aromatic carbocycles. The van der Waals surface area contributed by atoms with Gasteiger partial charge in [0.25, 0.3) is 0 Å². The molecular weight excluding hydrogens is 224 g/mol. The van der Waals surface area contributed by atoms with Gasteiger partial charge in [0.1, 0.15) is 0 Å². The van der Waals surface area contributed by atoms with Crippen LogP contribution in [0.15, 0.2) is 12.3 Å². The molecule has 4 heteroatoms. The van der Waals surface area contributed by atoms with Crippen LogP contribution in [-0.2, 0) is 6.54 Å². The van der Waals surface area contributed by atoms with E-state index in [4.69, 9.17) is 0 Å². The van der Waals surface area contributed by atoms with Gasteiger partial charge in [-0.25, -0.2) is 0 Å². The number of aryl methyl sites for hydroxylation is 1. The highest BCUT2D eigenvalue weighted by molar-refractivity contribution is 5.10. The molecule has 2 unspecified atom stereocenters. The highest BCUT2D eigenvalue weighted by atomic mass is 15.3. The lowest BCUT2D eigenvalue weighted by Gasteiger charge is -2.41. The van der Waals surface area contributed by atoms with Gasteiger partial charge in [0.2, 0.25) is 0 Å². The Balaban J connectivity index is 2.27. The van der Waals surface area contributed by atoms with Crippen LogP contribution in [0.4, 0.5) is 0 Å². The monoisotopic (exact) mass is 250 g/mol. The molecule has 18 heavy (non-hydrogen) atoms. The van der Waals surface area contributed by atoms with Gasteiger partial charge in [-0.05, 0) is 58.4 Å². The third-order valence-corrected chi connectivity index (χ3v) is 4.08. The van der Waals surface area contributed by atoms with Gasteiger partial charge in [0, 0.05) is 12.7 Å². The molecule has 1 aliphatic rings.